The van der Waals surface area contributed by atoms with E-state index in [4.69, 9.17) is 23.7 Å². The molecule has 1 heterocycles. The van der Waals surface area contributed by atoms with Crippen molar-refractivity contribution in [2.75, 3.05) is 6.61 Å². The van der Waals surface area contributed by atoms with Crippen LogP contribution in [0.4, 0.5) is 0 Å². The monoisotopic (exact) mass is 552 g/mol. The lowest BCUT2D eigenvalue weighted by Gasteiger charge is -2.45. The summed E-state index contributed by atoms with van der Waals surface area (Å²) in [6.45, 7) is 3.33. The molecule has 0 amide bonds. The van der Waals surface area contributed by atoms with Crippen molar-refractivity contribution >= 4 is 5.97 Å². The van der Waals surface area contributed by atoms with E-state index in [1.165, 1.54) is 0 Å². The fraction of sp³-hybridized carbons (Fsp3) is 0.286. The molecule has 5 rings (SSSR count). The first-order chi connectivity index (χ1) is 20.2. The molecule has 1 saturated heterocycles. The molecule has 1 aliphatic heterocycles. The van der Waals surface area contributed by atoms with Crippen molar-refractivity contribution in [1.29, 1.82) is 0 Å². The largest absolute Gasteiger partial charge is 0.453 e. The second kappa shape index (κ2) is 14.7. The summed E-state index contributed by atoms with van der Waals surface area (Å²) in [5.41, 5.74) is 3.58. The van der Waals surface area contributed by atoms with Crippen LogP contribution < -0.4 is 0 Å². The third-order valence-corrected chi connectivity index (χ3v) is 7.08. The number of hydrogen-bond donors (Lipinski definition) is 0. The summed E-state index contributed by atoms with van der Waals surface area (Å²) in [6, 6.07) is 38.9. The number of esters is 1. The van der Waals surface area contributed by atoms with Crippen molar-refractivity contribution in [3.8, 4) is 0 Å². The fourth-order valence-corrected chi connectivity index (χ4v) is 4.95. The predicted molar refractivity (Wildman–Crippen MR) is 156 cm³/mol. The predicted octanol–water partition coefficient (Wildman–Crippen LogP) is 6.39. The van der Waals surface area contributed by atoms with E-state index in [1.807, 2.05) is 116 Å². The van der Waals surface area contributed by atoms with Gasteiger partial charge < -0.3 is 23.7 Å². The maximum atomic E-state index is 13.2. The summed E-state index contributed by atoms with van der Waals surface area (Å²) in [4.78, 5) is 13.2. The van der Waals surface area contributed by atoms with Crippen molar-refractivity contribution in [3.63, 3.8) is 0 Å². The van der Waals surface area contributed by atoms with Crippen LogP contribution in [0.15, 0.2) is 121 Å². The van der Waals surface area contributed by atoms with E-state index in [9.17, 15) is 4.79 Å². The summed E-state index contributed by atoms with van der Waals surface area (Å²) < 4.78 is 31.7. The van der Waals surface area contributed by atoms with Crippen LogP contribution in [0, 0.1) is 0 Å². The van der Waals surface area contributed by atoms with Crippen LogP contribution in [0.5, 0.6) is 0 Å². The van der Waals surface area contributed by atoms with Crippen molar-refractivity contribution in [2.45, 2.75) is 57.3 Å². The highest BCUT2D eigenvalue weighted by molar-refractivity contribution is 5.89. The lowest BCUT2D eigenvalue weighted by atomic mass is 9.94. The van der Waals surface area contributed by atoms with E-state index in [0.717, 1.165) is 16.7 Å². The smallest absolute Gasteiger partial charge is 0.338 e. The summed E-state index contributed by atoms with van der Waals surface area (Å²) in [6.07, 6.45) is -2.74. The van der Waals surface area contributed by atoms with Crippen LogP contribution in [0.2, 0.25) is 0 Å². The van der Waals surface area contributed by atoms with Gasteiger partial charge in [-0.15, -0.1) is 0 Å². The number of benzene rings is 4. The van der Waals surface area contributed by atoms with Gasteiger partial charge in [-0.1, -0.05) is 109 Å². The van der Waals surface area contributed by atoms with Crippen LogP contribution in [0.3, 0.4) is 0 Å². The quantitative estimate of drug-likeness (QED) is 0.190. The summed E-state index contributed by atoms with van der Waals surface area (Å²) in [7, 11) is 0. The number of carbonyl (C=O) groups excluding carboxylic acids is 1. The molecule has 0 N–H and O–H groups in total. The Hall–Kier alpha value is -3.81. The van der Waals surface area contributed by atoms with Crippen LogP contribution >= 0.6 is 0 Å². The molecule has 2 unspecified atom stereocenters. The molecule has 0 spiro atoms. The zero-order valence-corrected chi connectivity index (χ0v) is 23.2. The molecule has 0 radical (unpaired) electrons. The molecule has 0 bridgehead atoms. The molecule has 0 aliphatic carbocycles. The molecule has 1 aliphatic rings. The van der Waals surface area contributed by atoms with Crippen molar-refractivity contribution in [2.24, 2.45) is 0 Å². The van der Waals surface area contributed by atoms with Gasteiger partial charge in [0.05, 0.1) is 38.1 Å². The van der Waals surface area contributed by atoms with E-state index < -0.39 is 36.5 Å². The van der Waals surface area contributed by atoms with Gasteiger partial charge >= 0.3 is 5.97 Å². The zero-order chi connectivity index (χ0) is 28.3. The van der Waals surface area contributed by atoms with Gasteiger partial charge in [-0.2, -0.15) is 0 Å². The SMILES string of the molecule is C[C@H]1OC(COCc2ccccc2)[C@@H](OCc2ccccc2)[C@H](OCc2ccccc2)C1OC(=O)c1ccccc1. The Morgan fingerprint density at radius 3 is 1.61 bits per heavy atom. The van der Waals surface area contributed by atoms with Gasteiger partial charge in [0.15, 0.2) is 6.10 Å². The van der Waals surface area contributed by atoms with Gasteiger partial charge in [-0.3, -0.25) is 0 Å². The second-order valence-corrected chi connectivity index (χ2v) is 10.1. The van der Waals surface area contributed by atoms with Crippen molar-refractivity contribution in [1.82, 2.24) is 0 Å². The first-order valence-corrected chi connectivity index (χ1v) is 14.0. The molecule has 212 valence electrons. The van der Waals surface area contributed by atoms with Crippen LogP contribution in [0.25, 0.3) is 0 Å². The van der Waals surface area contributed by atoms with Gasteiger partial charge in [0.1, 0.15) is 18.3 Å². The van der Waals surface area contributed by atoms with Crippen molar-refractivity contribution < 1.29 is 28.5 Å². The number of ether oxygens (including phenoxy) is 5. The standard InChI is InChI=1S/C35H36O6/c1-26-32(41-35(36)30-20-12-5-13-21-30)34(39-24-29-18-10-4-11-19-29)33(38-23-28-16-8-3-9-17-28)31(40-26)25-37-22-27-14-6-2-7-15-27/h2-21,26,31-34H,22-25H2,1H3/t26-,31?,32?,33-,34-/m1/s1. The maximum absolute atomic E-state index is 13.2. The molecule has 4 aromatic carbocycles. The molecule has 1 fully saturated rings. The van der Waals surface area contributed by atoms with Crippen molar-refractivity contribution in [3.05, 3.63) is 144 Å². The Kier molecular flexibility index (Phi) is 10.3. The van der Waals surface area contributed by atoms with Gasteiger partial charge in [0, 0.05) is 0 Å². The normalized spacial score (nSPS) is 22.2. The molecule has 41 heavy (non-hydrogen) atoms. The molecule has 5 atom stereocenters. The molecular weight excluding hydrogens is 516 g/mol. The summed E-state index contributed by atoms with van der Waals surface area (Å²) in [5, 5.41) is 0. The third kappa shape index (κ3) is 8.12. The maximum Gasteiger partial charge on any atom is 0.338 e. The average Bonchev–Trinajstić information content (AvgIpc) is 3.02. The average molecular weight is 553 g/mol. The number of rotatable bonds is 12. The Balaban J connectivity index is 1.39. The Bertz CT molecular complexity index is 1320. The van der Waals surface area contributed by atoms with E-state index in [2.05, 4.69) is 0 Å². The topological polar surface area (TPSA) is 63.2 Å². The molecule has 6 nitrogen and oxygen atoms in total. The van der Waals surface area contributed by atoms with E-state index in [-0.39, 0.29) is 0 Å². The van der Waals surface area contributed by atoms with E-state index in [1.54, 1.807) is 12.1 Å². The molecule has 0 saturated carbocycles. The summed E-state index contributed by atoms with van der Waals surface area (Å²) in [5.74, 6) is -0.431. The van der Waals surface area contributed by atoms with Gasteiger partial charge in [-0.25, -0.2) is 4.79 Å². The Morgan fingerprint density at radius 1 is 0.610 bits per heavy atom. The lowest BCUT2D eigenvalue weighted by Crippen LogP contribution is -2.60. The van der Waals surface area contributed by atoms with Gasteiger partial charge in [-0.05, 0) is 35.7 Å². The molecule has 0 aromatic heterocycles. The van der Waals surface area contributed by atoms with Crippen LogP contribution in [-0.4, -0.2) is 43.1 Å². The highest BCUT2D eigenvalue weighted by Gasteiger charge is 2.48. The highest BCUT2D eigenvalue weighted by atomic mass is 16.6. The Morgan fingerprint density at radius 2 is 1.07 bits per heavy atom. The van der Waals surface area contributed by atoms with Gasteiger partial charge in [0.25, 0.3) is 0 Å². The highest BCUT2D eigenvalue weighted by Crippen LogP contribution is 2.31. The molecular formula is C35H36O6. The van der Waals surface area contributed by atoms with Gasteiger partial charge in [0.2, 0.25) is 0 Å². The second-order valence-electron chi connectivity index (χ2n) is 10.1. The Labute approximate surface area is 241 Å². The lowest BCUT2D eigenvalue weighted by molar-refractivity contribution is -0.257. The minimum atomic E-state index is -0.697. The minimum absolute atomic E-state index is 0.295. The third-order valence-electron chi connectivity index (χ3n) is 7.08. The van der Waals surface area contributed by atoms with Crippen LogP contribution in [-0.2, 0) is 43.5 Å². The number of carbonyl (C=O) groups is 1. The minimum Gasteiger partial charge on any atom is -0.453 e. The number of hydrogen-bond acceptors (Lipinski definition) is 6. The van der Waals surface area contributed by atoms with E-state index >= 15 is 0 Å². The summed E-state index contributed by atoms with van der Waals surface area (Å²) >= 11 is 0. The first kappa shape index (κ1) is 28.7. The van der Waals surface area contributed by atoms with Crippen LogP contribution in [0.1, 0.15) is 34.0 Å². The van der Waals surface area contributed by atoms with E-state index in [0.29, 0.717) is 32.0 Å². The zero-order valence-electron chi connectivity index (χ0n) is 23.2. The fourth-order valence-electron chi connectivity index (χ4n) is 4.95. The molecule has 4 aromatic rings. The first-order valence-electron chi connectivity index (χ1n) is 14.0. The molecule has 6 heteroatoms.